The fourth-order valence-electron chi connectivity index (χ4n) is 1.52. The molecular formula is C11H15N3. The van der Waals surface area contributed by atoms with Crippen LogP contribution in [0, 0.1) is 0 Å². The second kappa shape index (κ2) is 4.77. The predicted octanol–water partition coefficient (Wildman–Crippen LogP) is 1.41. The van der Waals surface area contributed by atoms with Crippen molar-refractivity contribution < 1.29 is 0 Å². The Morgan fingerprint density at radius 3 is 2.93 bits per heavy atom. The first kappa shape index (κ1) is 9.21. The Bertz CT molecular complexity index is 306. The highest BCUT2D eigenvalue weighted by molar-refractivity contribution is 5.42. The first-order chi connectivity index (χ1) is 6.95. The second-order valence-corrected chi connectivity index (χ2v) is 3.41. The van der Waals surface area contributed by atoms with Gasteiger partial charge < -0.3 is 10.6 Å². The first-order valence-electron chi connectivity index (χ1n) is 4.98. The van der Waals surface area contributed by atoms with Crippen molar-refractivity contribution in [2.45, 2.75) is 6.42 Å². The normalized spacial score (nSPS) is 16.1. The summed E-state index contributed by atoms with van der Waals surface area (Å²) in [7, 11) is 0. The number of rotatable bonds is 3. The van der Waals surface area contributed by atoms with E-state index in [9.17, 15) is 0 Å². The largest absolute Gasteiger partial charge is 0.381 e. The third-order valence-corrected chi connectivity index (χ3v) is 2.36. The van der Waals surface area contributed by atoms with Crippen molar-refractivity contribution in [3.8, 4) is 0 Å². The van der Waals surface area contributed by atoms with E-state index >= 15 is 0 Å². The minimum absolute atomic E-state index is 0.950. The highest BCUT2D eigenvalue weighted by Gasteiger charge is 2.01. The first-order valence-corrected chi connectivity index (χ1v) is 4.98. The lowest BCUT2D eigenvalue weighted by Gasteiger charge is -2.14. The summed E-state index contributed by atoms with van der Waals surface area (Å²) in [6.45, 7) is 3.06. The highest BCUT2D eigenvalue weighted by Crippen LogP contribution is 2.08. The molecule has 2 heterocycles. The SMILES string of the molecule is C1=C(CNc2ccncc2)CCNC1. The molecule has 74 valence electrons. The molecule has 1 aliphatic rings. The fourth-order valence-corrected chi connectivity index (χ4v) is 1.52. The van der Waals surface area contributed by atoms with Crippen molar-refractivity contribution in [2.75, 3.05) is 25.0 Å². The molecule has 2 N–H and O–H groups in total. The maximum atomic E-state index is 3.98. The molecule has 0 radical (unpaired) electrons. The van der Waals surface area contributed by atoms with Crippen LogP contribution in [0.4, 0.5) is 5.69 Å². The van der Waals surface area contributed by atoms with Gasteiger partial charge in [-0.2, -0.15) is 0 Å². The summed E-state index contributed by atoms with van der Waals surface area (Å²) in [5, 5.41) is 6.68. The van der Waals surface area contributed by atoms with E-state index in [2.05, 4.69) is 21.7 Å². The number of aromatic nitrogens is 1. The van der Waals surface area contributed by atoms with Gasteiger partial charge in [0.15, 0.2) is 0 Å². The average molecular weight is 189 g/mol. The Morgan fingerprint density at radius 1 is 1.36 bits per heavy atom. The van der Waals surface area contributed by atoms with Gasteiger partial charge >= 0.3 is 0 Å². The van der Waals surface area contributed by atoms with Crippen molar-refractivity contribution >= 4 is 5.69 Å². The smallest absolute Gasteiger partial charge is 0.0373 e. The summed E-state index contributed by atoms with van der Waals surface area (Å²) < 4.78 is 0. The number of anilines is 1. The average Bonchev–Trinajstić information content (AvgIpc) is 2.29. The Kier molecular flexibility index (Phi) is 3.14. The lowest BCUT2D eigenvalue weighted by atomic mass is 10.1. The molecule has 3 heteroatoms. The van der Waals surface area contributed by atoms with E-state index in [4.69, 9.17) is 0 Å². The fraction of sp³-hybridized carbons (Fsp3) is 0.364. The zero-order valence-corrected chi connectivity index (χ0v) is 8.16. The van der Waals surface area contributed by atoms with Crippen LogP contribution in [0.3, 0.4) is 0 Å². The van der Waals surface area contributed by atoms with Crippen molar-refractivity contribution in [1.82, 2.24) is 10.3 Å². The van der Waals surface area contributed by atoms with E-state index in [0.29, 0.717) is 0 Å². The minimum Gasteiger partial charge on any atom is -0.381 e. The summed E-state index contributed by atoms with van der Waals surface area (Å²) in [6, 6.07) is 3.98. The van der Waals surface area contributed by atoms with Crippen LogP contribution >= 0.6 is 0 Å². The summed E-state index contributed by atoms with van der Waals surface area (Å²) >= 11 is 0. The van der Waals surface area contributed by atoms with Crippen molar-refractivity contribution in [2.24, 2.45) is 0 Å². The topological polar surface area (TPSA) is 37.0 Å². The summed E-state index contributed by atoms with van der Waals surface area (Å²) in [6.07, 6.45) is 7.02. The van der Waals surface area contributed by atoms with Crippen molar-refractivity contribution in [3.05, 3.63) is 36.2 Å². The number of nitrogens with zero attached hydrogens (tertiary/aromatic N) is 1. The van der Waals surface area contributed by atoms with Gasteiger partial charge in [-0.3, -0.25) is 4.98 Å². The van der Waals surface area contributed by atoms with Crippen LogP contribution in [-0.4, -0.2) is 24.6 Å². The maximum absolute atomic E-state index is 3.98. The molecule has 2 rings (SSSR count). The Labute approximate surface area is 84.2 Å². The molecule has 14 heavy (non-hydrogen) atoms. The lowest BCUT2D eigenvalue weighted by Crippen LogP contribution is -2.23. The number of hydrogen-bond acceptors (Lipinski definition) is 3. The number of hydrogen-bond donors (Lipinski definition) is 2. The third-order valence-electron chi connectivity index (χ3n) is 2.36. The molecule has 0 aliphatic carbocycles. The van der Waals surface area contributed by atoms with Crippen LogP contribution in [0.15, 0.2) is 36.2 Å². The van der Waals surface area contributed by atoms with Gasteiger partial charge in [0.25, 0.3) is 0 Å². The second-order valence-electron chi connectivity index (χ2n) is 3.41. The van der Waals surface area contributed by atoms with Crippen molar-refractivity contribution in [3.63, 3.8) is 0 Å². The van der Waals surface area contributed by atoms with Gasteiger partial charge in [0.05, 0.1) is 0 Å². The van der Waals surface area contributed by atoms with E-state index in [1.807, 2.05) is 12.1 Å². The summed E-state index contributed by atoms with van der Waals surface area (Å²) in [4.78, 5) is 3.98. The molecule has 1 aromatic rings. The molecule has 3 nitrogen and oxygen atoms in total. The molecule has 0 fully saturated rings. The van der Waals surface area contributed by atoms with Gasteiger partial charge in [-0.25, -0.2) is 0 Å². The molecule has 0 atom stereocenters. The highest BCUT2D eigenvalue weighted by atomic mass is 14.9. The van der Waals surface area contributed by atoms with Gasteiger partial charge in [0.1, 0.15) is 0 Å². The van der Waals surface area contributed by atoms with Crippen LogP contribution in [-0.2, 0) is 0 Å². The van der Waals surface area contributed by atoms with Gasteiger partial charge in [-0.15, -0.1) is 0 Å². The minimum atomic E-state index is 0.950. The Hall–Kier alpha value is -1.35. The molecule has 1 aliphatic heterocycles. The van der Waals surface area contributed by atoms with Crippen LogP contribution < -0.4 is 10.6 Å². The zero-order chi connectivity index (χ0) is 9.64. The van der Waals surface area contributed by atoms with E-state index in [0.717, 1.165) is 31.7 Å². The summed E-state index contributed by atoms with van der Waals surface area (Å²) in [5.41, 5.74) is 2.62. The Morgan fingerprint density at radius 2 is 2.21 bits per heavy atom. The maximum Gasteiger partial charge on any atom is 0.0373 e. The summed E-state index contributed by atoms with van der Waals surface area (Å²) in [5.74, 6) is 0. The molecule has 1 aromatic heterocycles. The van der Waals surface area contributed by atoms with E-state index in [1.54, 1.807) is 12.4 Å². The molecular weight excluding hydrogens is 174 g/mol. The van der Waals surface area contributed by atoms with E-state index in [-0.39, 0.29) is 0 Å². The van der Waals surface area contributed by atoms with Crippen LogP contribution in [0.1, 0.15) is 6.42 Å². The molecule has 0 amide bonds. The van der Waals surface area contributed by atoms with Crippen LogP contribution in [0.2, 0.25) is 0 Å². The third kappa shape index (κ3) is 2.57. The molecule has 0 saturated heterocycles. The standard InChI is InChI=1S/C11H15N3/c1-5-12-6-2-10(1)9-14-11-3-7-13-8-4-11/h1,3-4,7-8,12H,2,5-6,9H2,(H,13,14). The van der Waals surface area contributed by atoms with E-state index < -0.39 is 0 Å². The molecule has 0 spiro atoms. The van der Waals surface area contributed by atoms with Gasteiger partial charge in [-0.1, -0.05) is 11.6 Å². The molecule has 0 unspecified atom stereocenters. The monoisotopic (exact) mass is 189 g/mol. The van der Waals surface area contributed by atoms with Crippen LogP contribution in [0.25, 0.3) is 0 Å². The predicted molar refractivity (Wildman–Crippen MR) is 58.3 cm³/mol. The Balaban J connectivity index is 1.85. The molecule has 0 aromatic carbocycles. The quantitative estimate of drug-likeness (QED) is 0.706. The lowest BCUT2D eigenvalue weighted by molar-refractivity contribution is 0.698. The van der Waals surface area contributed by atoms with Crippen LogP contribution in [0.5, 0.6) is 0 Å². The molecule has 0 saturated carbocycles. The van der Waals surface area contributed by atoms with Gasteiger partial charge in [0.2, 0.25) is 0 Å². The van der Waals surface area contributed by atoms with Gasteiger partial charge in [0, 0.05) is 31.2 Å². The zero-order valence-electron chi connectivity index (χ0n) is 8.16. The molecule has 0 bridgehead atoms. The van der Waals surface area contributed by atoms with Gasteiger partial charge in [-0.05, 0) is 25.1 Å². The number of nitrogens with one attached hydrogen (secondary N) is 2. The van der Waals surface area contributed by atoms with Crippen molar-refractivity contribution in [1.29, 1.82) is 0 Å². The van der Waals surface area contributed by atoms with E-state index in [1.165, 1.54) is 5.57 Å². The number of pyridine rings is 1.